The highest BCUT2D eigenvalue weighted by molar-refractivity contribution is 5.94. The van der Waals surface area contributed by atoms with Gasteiger partial charge in [-0.15, -0.1) is 0 Å². The van der Waals surface area contributed by atoms with Crippen LogP contribution in [0.5, 0.6) is 0 Å². The van der Waals surface area contributed by atoms with Crippen LogP contribution in [0.4, 0.5) is 4.79 Å². The molecule has 0 bridgehead atoms. The third kappa shape index (κ3) is 3.70. The number of carbonyl (C=O) groups is 2. The van der Waals surface area contributed by atoms with Crippen LogP contribution in [-0.4, -0.2) is 41.3 Å². The predicted molar refractivity (Wildman–Crippen MR) is 67.0 cm³/mol. The zero-order valence-electron chi connectivity index (χ0n) is 11.2. The summed E-state index contributed by atoms with van der Waals surface area (Å²) in [6.45, 7) is 4.49. The van der Waals surface area contributed by atoms with Crippen LogP contribution in [0.25, 0.3) is 0 Å². The van der Waals surface area contributed by atoms with E-state index < -0.39 is 18.1 Å². The summed E-state index contributed by atoms with van der Waals surface area (Å²) in [6.07, 6.45) is 2.88. The van der Waals surface area contributed by atoms with Crippen LogP contribution in [-0.2, 0) is 9.53 Å². The van der Waals surface area contributed by atoms with E-state index in [0.29, 0.717) is 19.4 Å². The number of unbranched alkanes of at least 4 members (excludes halogenated alkanes) is 2. The van der Waals surface area contributed by atoms with Gasteiger partial charge in [0.15, 0.2) is 0 Å². The molecule has 0 radical (unpaired) electrons. The number of cyclic esters (lactones) is 1. The van der Waals surface area contributed by atoms with Crippen molar-refractivity contribution in [3.05, 3.63) is 0 Å². The molecule has 1 saturated heterocycles. The Morgan fingerprint density at radius 3 is 2.67 bits per heavy atom. The Labute approximate surface area is 108 Å². The van der Waals surface area contributed by atoms with E-state index in [1.807, 2.05) is 6.92 Å². The zero-order valence-corrected chi connectivity index (χ0v) is 11.2. The number of carbonyl (C=O) groups excluding carboxylic acids is 2. The molecule has 2 amide bonds. The van der Waals surface area contributed by atoms with E-state index in [2.05, 4.69) is 6.92 Å². The van der Waals surface area contributed by atoms with Crippen LogP contribution in [0.3, 0.4) is 0 Å². The van der Waals surface area contributed by atoms with Gasteiger partial charge in [0.05, 0.1) is 18.6 Å². The number of imide groups is 1. The monoisotopic (exact) mass is 257 g/mol. The van der Waals surface area contributed by atoms with E-state index in [1.54, 1.807) is 0 Å². The Morgan fingerprint density at radius 2 is 2.17 bits per heavy atom. The van der Waals surface area contributed by atoms with E-state index in [1.165, 1.54) is 0 Å². The van der Waals surface area contributed by atoms with Gasteiger partial charge in [0.1, 0.15) is 6.61 Å². The fourth-order valence-corrected chi connectivity index (χ4v) is 2.17. The van der Waals surface area contributed by atoms with Gasteiger partial charge in [0, 0.05) is 0 Å². The van der Waals surface area contributed by atoms with Crippen molar-refractivity contribution >= 4 is 12.0 Å². The maximum absolute atomic E-state index is 12.2. The summed E-state index contributed by atoms with van der Waals surface area (Å²) < 4.78 is 4.76. The van der Waals surface area contributed by atoms with E-state index in [4.69, 9.17) is 4.74 Å². The van der Waals surface area contributed by atoms with Gasteiger partial charge < -0.3 is 9.84 Å². The van der Waals surface area contributed by atoms with Crippen molar-refractivity contribution in [2.24, 2.45) is 5.92 Å². The fourth-order valence-electron chi connectivity index (χ4n) is 2.17. The molecular formula is C13H23NO4. The number of aliphatic hydroxyl groups excluding tert-OH is 1. The van der Waals surface area contributed by atoms with Gasteiger partial charge in [-0.1, -0.05) is 33.1 Å². The van der Waals surface area contributed by atoms with Crippen molar-refractivity contribution in [3.63, 3.8) is 0 Å². The van der Waals surface area contributed by atoms with Crippen LogP contribution in [0.1, 0.15) is 46.0 Å². The van der Waals surface area contributed by atoms with Crippen molar-refractivity contribution < 1.29 is 19.4 Å². The van der Waals surface area contributed by atoms with Crippen molar-refractivity contribution in [2.45, 2.75) is 52.1 Å². The molecule has 0 aromatic heterocycles. The SMILES string of the molecule is CCCCC[C@@H](C(=O)N1CCOC1=O)[C@@H](O)CC. The highest BCUT2D eigenvalue weighted by Crippen LogP contribution is 2.21. The predicted octanol–water partition coefficient (Wildman–Crippen LogP) is 1.93. The minimum absolute atomic E-state index is 0.258. The lowest BCUT2D eigenvalue weighted by Crippen LogP contribution is -2.41. The number of hydrogen-bond donors (Lipinski definition) is 1. The number of nitrogens with zero attached hydrogens (tertiary/aromatic N) is 1. The highest BCUT2D eigenvalue weighted by atomic mass is 16.6. The molecule has 1 fully saturated rings. The molecule has 1 aliphatic heterocycles. The summed E-state index contributed by atoms with van der Waals surface area (Å²) in [6, 6.07) is 0. The second-order valence-electron chi connectivity index (χ2n) is 4.68. The number of amides is 2. The number of hydrogen-bond acceptors (Lipinski definition) is 4. The summed E-state index contributed by atoms with van der Waals surface area (Å²) in [5.74, 6) is -0.768. The molecule has 1 N–H and O–H groups in total. The van der Waals surface area contributed by atoms with Gasteiger partial charge in [0.25, 0.3) is 0 Å². The number of rotatable bonds is 7. The largest absolute Gasteiger partial charge is 0.447 e. The van der Waals surface area contributed by atoms with Gasteiger partial charge in [0.2, 0.25) is 5.91 Å². The quantitative estimate of drug-likeness (QED) is 0.708. The fraction of sp³-hybridized carbons (Fsp3) is 0.846. The standard InChI is InChI=1S/C13H23NO4/c1-3-5-6-7-10(11(15)4-2)12(16)14-8-9-18-13(14)17/h10-11,15H,3-9H2,1-2H3/t10-,11+/m1/s1. The second kappa shape index (κ2) is 7.36. The molecule has 0 aliphatic carbocycles. The normalized spacial score (nSPS) is 18.6. The average Bonchev–Trinajstić information content (AvgIpc) is 2.79. The summed E-state index contributed by atoms with van der Waals surface area (Å²) in [5.41, 5.74) is 0. The van der Waals surface area contributed by atoms with Gasteiger partial charge in [-0.2, -0.15) is 0 Å². The summed E-state index contributed by atoms with van der Waals surface area (Å²) in [5, 5.41) is 9.93. The molecule has 0 spiro atoms. The summed E-state index contributed by atoms with van der Waals surface area (Å²) in [7, 11) is 0. The Morgan fingerprint density at radius 1 is 1.44 bits per heavy atom. The molecule has 0 aromatic carbocycles. The first-order valence-electron chi connectivity index (χ1n) is 6.78. The Bertz CT molecular complexity index is 293. The first kappa shape index (κ1) is 15.0. The molecule has 18 heavy (non-hydrogen) atoms. The smallest absolute Gasteiger partial charge is 0.416 e. The first-order valence-corrected chi connectivity index (χ1v) is 6.78. The van der Waals surface area contributed by atoms with E-state index in [0.717, 1.165) is 24.2 Å². The lowest BCUT2D eigenvalue weighted by atomic mass is 9.92. The molecule has 104 valence electrons. The van der Waals surface area contributed by atoms with Crippen LogP contribution in [0, 0.1) is 5.92 Å². The summed E-state index contributed by atoms with van der Waals surface area (Å²) >= 11 is 0. The van der Waals surface area contributed by atoms with E-state index in [9.17, 15) is 14.7 Å². The molecule has 1 rings (SSSR count). The lowest BCUT2D eigenvalue weighted by molar-refractivity contribution is -0.136. The molecular weight excluding hydrogens is 234 g/mol. The highest BCUT2D eigenvalue weighted by Gasteiger charge is 2.35. The maximum atomic E-state index is 12.2. The molecule has 2 atom stereocenters. The topological polar surface area (TPSA) is 66.8 Å². The van der Waals surface area contributed by atoms with E-state index in [-0.39, 0.29) is 12.5 Å². The van der Waals surface area contributed by atoms with Gasteiger partial charge >= 0.3 is 6.09 Å². The number of aliphatic hydroxyl groups is 1. The molecule has 5 nitrogen and oxygen atoms in total. The molecule has 5 heteroatoms. The minimum atomic E-state index is -0.678. The van der Waals surface area contributed by atoms with Gasteiger partial charge in [-0.3, -0.25) is 4.79 Å². The van der Waals surface area contributed by atoms with Crippen molar-refractivity contribution in [3.8, 4) is 0 Å². The van der Waals surface area contributed by atoms with Crippen LogP contribution in [0.15, 0.2) is 0 Å². The Balaban J connectivity index is 2.62. The Kier molecular flexibility index (Phi) is 6.12. The third-order valence-corrected chi connectivity index (χ3v) is 3.35. The average molecular weight is 257 g/mol. The molecule has 0 aromatic rings. The van der Waals surface area contributed by atoms with Gasteiger partial charge in [-0.25, -0.2) is 9.69 Å². The van der Waals surface area contributed by atoms with Gasteiger partial charge in [-0.05, 0) is 12.8 Å². The zero-order chi connectivity index (χ0) is 13.5. The van der Waals surface area contributed by atoms with Crippen LogP contribution < -0.4 is 0 Å². The summed E-state index contributed by atoms with van der Waals surface area (Å²) in [4.78, 5) is 24.7. The molecule has 0 saturated carbocycles. The molecule has 1 aliphatic rings. The van der Waals surface area contributed by atoms with Crippen molar-refractivity contribution in [2.75, 3.05) is 13.2 Å². The lowest BCUT2D eigenvalue weighted by Gasteiger charge is -2.24. The minimum Gasteiger partial charge on any atom is -0.447 e. The first-order chi connectivity index (χ1) is 8.61. The maximum Gasteiger partial charge on any atom is 0.416 e. The van der Waals surface area contributed by atoms with Crippen molar-refractivity contribution in [1.29, 1.82) is 0 Å². The molecule has 1 heterocycles. The number of ether oxygens (including phenoxy) is 1. The van der Waals surface area contributed by atoms with Crippen molar-refractivity contribution in [1.82, 2.24) is 4.90 Å². The third-order valence-electron chi connectivity index (χ3n) is 3.35. The van der Waals surface area contributed by atoms with Crippen LogP contribution in [0.2, 0.25) is 0 Å². The van der Waals surface area contributed by atoms with Crippen LogP contribution >= 0.6 is 0 Å². The molecule has 0 unspecified atom stereocenters. The second-order valence-corrected chi connectivity index (χ2v) is 4.68. The Hall–Kier alpha value is -1.10. The van der Waals surface area contributed by atoms with E-state index >= 15 is 0 Å².